The van der Waals surface area contributed by atoms with Gasteiger partial charge in [0.15, 0.2) is 0 Å². The smallest absolute Gasteiger partial charge is 0.128 e. The van der Waals surface area contributed by atoms with Gasteiger partial charge in [0.2, 0.25) is 0 Å². The lowest BCUT2D eigenvalue weighted by Crippen LogP contribution is -2.23. The third-order valence-electron chi connectivity index (χ3n) is 8.61. The minimum atomic E-state index is -0.440. The molecule has 41 heavy (non-hydrogen) atoms. The van der Waals surface area contributed by atoms with E-state index >= 15 is 0 Å². The lowest BCUT2D eigenvalue weighted by Gasteiger charge is -2.30. The van der Waals surface area contributed by atoms with E-state index in [1.54, 1.807) is 0 Å². The van der Waals surface area contributed by atoms with Gasteiger partial charge in [-0.25, -0.2) is 4.98 Å². The van der Waals surface area contributed by atoms with Gasteiger partial charge in [0.25, 0.3) is 0 Å². The molecule has 2 aromatic heterocycles. The summed E-state index contributed by atoms with van der Waals surface area (Å²) in [5.74, 6) is 1.35. The van der Waals surface area contributed by atoms with Gasteiger partial charge in [-0.1, -0.05) is 101 Å². The van der Waals surface area contributed by atoms with E-state index in [4.69, 9.17) is 15.7 Å². The quantitative estimate of drug-likeness (QED) is 0.221. The zero-order chi connectivity index (χ0) is 28.9. The van der Waals surface area contributed by atoms with Crippen molar-refractivity contribution in [3.8, 4) is 5.75 Å². The van der Waals surface area contributed by atoms with Crippen LogP contribution >= 0.6 is 0 Å². The van der Waals surface area contributed by atoms with Gasteiger partial charge >= 0.3 is 0 Å². The Labute approximate surface area is 241 Å². The molecule has 4 heteroatoms. The van der Waals surface area contributed by atoms with Gasteiger partial charge in [0.05, 0.1) is 11.2 Å². The molecule has 4 aromatic carbocycles. The van der Waals surface area contributed by atoms with Crippen molar-refractivity contribution in [3.05, 3.63) is 119 Å². The molecule has 6 aromatic rings. The molecule has 0 bridgehead atoms. The number of phenols is 1. The standard InChI is InChI=1S/C37H37N3O/c1-22(2)34-30-14-9-8-13-29(30)33(36(38)40-34)37(4,5)32-16-10-15-28-25(17-18-39-35(28)32)19-23(3)31-21-26(41)20-24-11-6-7-12-27(24)31/h6-18,20-23,41H,19H2,1-5H3,(H2,38,40). The molecule has 206 valence electrons. The van der Waals surface area contributed by atoms with Crippen LogP contribution in [-0.4, -0.2) is 15.1 Å². The molecule has 0 spiro atoms. The number of para-hydroxylation sites is 1. The predicted octanol–water partition coefficient (Wildman–Crippen LogP) is 9.02. The minimum Gasteiger partial charge on any atom is -0.508 e. The molecule has 0 saturated carbocycles. The molecule has 0 radical (unpaired) electrons. The molecule has 1 atom stereocenters. The van der Waals surface area contributed by atoms with Crippen molar-refractivity contribution in [1.29, 1.82) is 0 Å². The van der Waals surface area contributed by atoms with Crippen molar-refractivity contribution in [1.82, 2.24) is 9.97 Å². The second-order valence-corrected chi connectivity index (χ2v) is 12.1. The first-order valence-electron chi connectivity index (χ1n) is 14.4. The Morgan fingerprint density at radius 1 is 0.805 bits per heavy atom. The third kappa shape index (κ3) is 4.58. The zero-order valence-electron chi connectivity index (χ0n) is 24.4. The third-order valence-corrected chi connectivity index (χ3v) is 8.61. The summed E-state index contributed by atoms with van der Waals surface area (Å²) in [6, 6.07) is 29.1. The largest absolute Gasteiger partial charge is 0.508 e. The first kappa shape index (κ1) is 26.8. The van der Waals surface area contributed by atoms with Crippen molar-refractivity contribution in [2.45, 2.75) is 58.3 Å². The van der Waals surface area contributed by atoms with Crippen LogP contribution in [0.1, 0.15) is 74.4 Å². The number of aromatic nitrogens is 2. The monoisotopic (exact) mass is 539 g/mol. The maximum atomic E-state index is 10.5. The highest BCUT2D eigenvalue weighted by Crippen LogP contribution is 2.43. The number of rotatable bonds is 6. The molecule has 1 unspecified atom stereocenters. The Morgan fingerprint density at radius 2 is 1.49 bits per heavy atom. The SMILES string of the molecule is CC(C)c1nc(N)c(C(C)(C)c2cccc3c(CC(C)c4cc(O)cc5ccccc45)ccnc23)c2ccccc12. The summed E-state index contributed by atoms with van der Waals surface area (Å²) in [5, 5.41) is 16.1. The molecular formula is C37H37N3O. The second-order valence-electron chi connectivity index (χ2n) is 12.1. The summed E-state index contributed by atoms with van der Waals surface area (Å²) in [4.78, 5) is 9.86. The molecule has 0 aliphatic heterocycles. The topological polar surface area (TPSA) is 72.0 Å². The van der Waals surface area contributed by atoms with Crippen LogP contribution in [0.2, 0.25) is 0 Å². The number of hydrogen-bond donors (Lipinski definition) is 2. The predicted molar refractivity (Wildman–Crippen MR) is 172 cm³/mol. The Bertz CT molecular complexity index is 1920. The number of phenolic OH excluding ortho intramolecular Hbond substituents is 1. The molecule has 0 saturated heterocycles. The van der Waals surface area contributed by atoms with E-state index in [1.807, 2.05) is 24.4 Å². The molecular weight excluding hydrogens is 502 g/mol. The fourth-order valence-corrected chi connectivity index (χ4v) is 6.63. The fraction of sp³-hybridized carbons (Fsp3) is 0.243. The van der Waals surface area contributed by atoms with Crippen molar-refractivity contribution in [2.24, 2.45) is 0 Å². The Morgan fingerprint density at radius 3 is 2.24 bits per heavy atom. The minimum absolute atomic E-state index is 0.196. The molecule has 0 fully saturated rings. The van der Waals surface area contributed by atoms with Crippen LogP contribution in [0.25, 0.3) is 32.4 Å². The average molecular weight is 540 g/mol. The maximum absolute atomic E-state index is 10.5. The number of nitrogens with zero attached hydrogens (tertiary/aromatic N) is 2. The molecule has 2 heterocycles. The fourth-order valence-electron chi connectivity index (χ4n) is 6.63. The van der Waals surface area contributed by atoms with Gasteiger partial charge in [0, 0.05) is 27.9 Å². The van der Waals surface area contributed by atoms with Crippen LogP contribution < -0.4 is 5.73 Å². The van der Waals surface area contributed by atoms with Gasteiger partial charge < -0.3 is 10.8 Å². The highest BCUT2D eigenvalue weighted by atomic mass is 16.3. The van der Waals surface area contributed by atoms with Crippen LogP contribution in [0.3, 0.4) is 0 Å². The molecule has 0 aliphatic carbocycles. The molecule has 0 aliphatic rings. The summed E-state index contributed by atoms with van der Waals surface area (Å²) < 4.78 is 0. The van der Waals surface area contributed by atoms with E-state index in [-0.39, 0.29) is 11.8 Å². The molecule has 4 nitrogen and oxygen atoms in total. The van der Waals surface area contributed by atoms with E-state index in [0.29, 0.717) is 11.6 Å². The summed E-state index contributed by atoms with van der Waals surface area (Å²) in [7, 11) is 0. The van der Waals surface area contributed by atoms with Crippen LogP contribution in [0.5, 0.6) is 5.75 Å². The maximum Gasteiger partial charge on any atom is 0.128 e. The molecule has 3 N–H and O–H groups in total. The number of nitrogens with two attached hydrogens (primary N) is 1. The van der Waals surface area contributed by atoms with Crippen LogP contribution in [0.4, 0.5) is 5.82 Å². The van der Waals surface area contributed by atoms with Gasteiger partial charge in [-0.15, -0.1) is 0 Å². The second kappa shape index (κ2) is 10.2. The molecule has 0 amide bonds. The number of anilines is 1. The van der Waals surface area contributed by atoms with Gasteiger partial charge in [0.1, 0.15) is 11.6 Å². The number of nitrogen functional groups attached to an aromatic ring is 1. The van der Waals surface area contributed by atoms with Crippen LogP contribution in [0.15, 0.2) is 91.1 Å². The average Bonchev–Trinajstić information content (AvgIpc) is 2.95. The highest BCUT2D eigenvalue weighted by Gasteiger charge is 2.32. The van der Waals surface area contributed by atoms with Gasteiger partial charge in [-0.3, -0.25) is 4.98 Å². The van der Waals surface area contributed by atoms with Crippen molar-refractivity contribution in [2.75, 3.05) is 5.73 Å². The number of aromatic hydroxyl groups is 1. The van der Waals surface area contributed by atoms with Crippen molar-refractivity contribution >= 4 is 38.3 Å². The number of pyridine rings is 2. The van der Waals surface area contributed by atoms with E-state index in [9.17, 15) is 5.11 Å². The Balaban J connectivity index is 1.47. The van der Waals surface area contributed by atoms with Crippen LogP contribution in [0, 0.1) is 0 Å². The van der Waals surface area contributed by atoms with Gasteiger partial charge in [-0.05, 0) is 69.3 Å². The summed E-state index contributed by atoms with van der Waals surface area (Å²) >= 11 is 0. The lowest BCUT2D eigenvalue weighted by molar-refractivity contribution is 0.475. The summed E-state index contributed by atoms with van der Waals surface area (Å²) in [6.07, 6.45) is 2.75. The summed E-state index contributed by atoms with van der Waals surface area (Å²) in [6.45, 7) is 11.0. The first-order chi connectivity index (χ1) is 19.7. The number of hydrogen-bond acceptors (Lipinski definition) is 4. The van der Waals surface area contributed by atoms with E-state index < -0.39 is 5.41 Å². The first-order valence-corrected chi connectivity index (χ1v) is 14.4. The lowest BCUT2D eigenvalue weighted by atomic mass is 9.74. The Hall–Kier alpha value is -4.44. The zero-order valence-corrected chi connectivity index (χ0v) is 24.4. The highest BCUT2D eigenvalue weighted by molar-refractivity contribution is 5.94. The molecule has 6 rings (SSSR count). The number of fused-ring (bicyclic) bond motifs is 3. The van der Waals surface area contributed by atoms with Crippen molar-refractivity contribution < 1.29 is 5.11 Å². The van der Waals surface area contributed by atoms with E-state index in [1.165, 1.54) is 10.9 Å². The Kier molecular flexibility index (Phi) is 6.65. The van der Waals surface area contributed by atoms with E-state index in [2.05, 4.69) is 101 Å². The van der Waals surface area contributed by atoms with Crippen molar-refractivity contribution in [3.63, 3.8) is 0 Å². The number of benzene rings is 4. The van der Waals surface area contributed by atoms with Gasteiger partial charge in [-0.2, -0.15) is 0 Å². The van der Waals surface area contributed by atoms with E-state index in [0.717, 1.165) is 55.9 Å². The van der Waals surface area contributed by atoms with Crippen LogP contribution in [-0.2, 0) is 11.8 Å². The summed E-state index contributed by atoms with van der Waals surface area (Å²) in [5.41, 5.74) is 12.9. The normalized spacial score (nSPS) is 12.9.